The number of aliphatic hydroxyl groups is 2. The summed E-state index contributed by atoms with van der Waals surface area (Å²) in [6.45, 7) is 4.32. The molecule has 0 aliphatic rings. The second kappa shape index (κ2) is 18.4. The molecule has 262 valence electrons. The molecular formula is C37H44FN3O8. The number of carbonyl (C=O) groups is 2. The molecule has 0 radical (unpaired) electrons. The molecule has 0 aliphatic carbocycles. The van der Waals surface area contributed by atoms with Crippen LogP contribution in [0.25, 0.3) is 22.4 Å². The van der Waals surface area contributed by atoms with Crippen LogP contribution in [0, 0.1) is 5.82 Å². The summed E-state index contributed by atoms with van der Waals surface area (Å²) < 4.78 is 21.3. The largest absolute Gasteiger partial charge is 0.466 e. The van der Waals surface area contributed by atoms with E-state index in [4.69, 9.17) is 15.2 Å². The predicted molar refractivity (Wildman–Crippen MR) is 181 cm³/mol. The van der Waals surface area contributed by atoms with E-state index in [-0.39, 0.29) is 56.2 Å². The number of hydrogen-bond donors (Lipinski definition) is 5. The van der Waals surface area contributed by atoms with Crippen molar-refractivity contribution in [2.24, 2.45) is 0 Å². The highest BCUT2D eigenvalue weighted by molar-refractivity contribution is 6.12. The van der Waals surface area contributed by atoms with Crippen molar-refractivity contribution in [2.75, 3.05) is 18.5 Å². The van der Waals surface area contributed by atoms with Crippen molar-refractivity contribution in [3.05, 3.63) is 102 Å². The Morgan fingerprint density at radius 2 is 1.49 bits per heavy atom. The fourth-order valence-corrected chi connectivity index (χ4v) is 5.79. The summed E-state index contributed by atoms with van der Waals surface area (Å²) in [6.07, 6.45) is -1.52. The number of nitrogens with one attached hydrogen (secondary N) is 1. The number of benzene rings is 3. The maximum atomic E-state index is 14.2. The first-order valence-corrected chi connectivity index (χ1v) is 16.3. The van der Waals surface area contributed by atoms with Gasteiger partial charge in [0.05, 0.1) is 48.5 Å². The maximum absolute atomic E-state index is 14.2. The van der Waals surface area contributed by atoms with E-state index in [1.807, 2.05) is 79.1 Å². The van der Waals surface area contributed by atoms with Crippen molar-refractivity contribution in [1.82, 2.24) is 9.96 Å². The molecule has 0 bridgehead atoms. The molecule has 4 rings (SSSR count). The van der Waals surface area contributed by atoms with Crippen molar-refractivity contribution in [3.8, 4) is 22.4 Å². The summed E-state index contributed by atoms with van der Waals surface area (Å²) in [5.74, 6) is -1.46. The summed E-state index contributed by atoms with van der Waals surface area (Å²) in [7, 11) is 0. The van der Waals surface area contributed by atoms with Gasteiger partial charge in [0.1, 0.15) is 5.82 Å². The number of nitrogens with zero attached hydrogens (tertiary/aromatic N) is 2. The van der Waals surface area contributed by atoms with Gasteiger partial charge in [0.2, 0.25) is 0 Å². The summed E-state index contributed by atoms with van der Waals surface area (Å²) in [4.78, 5) is 30.8. The molecule has 0 aliphatic heterocycles. The third-order valence-corrected chi connectivity index (χ3v) is 7.93. The smallest absolute Gasteiger partial charge is 0.308 e. The SMILES string of the molecule is CC(C)c1c(C(=O)Nc2ccccc2)c(-c2ccccc2)c(-c2ccc(F)cc2)n1CCC(O)CC(O)CC(=O)OCCCCON(O)O. The van der Waals surface area contributed by atoms with Crippen LogP contribution in [0.2, 0.25) is 0 Å². The number of halogens is 1. The van der Waals surface area contributed by atoms with Crippen LogP contribution in [-0.2, 0) is 20.9 Å². The Kier molecular flexibility index (Phi) is 14.0. The van der Waals surface area contributed by atoms with Gasteiger partial charge < -0.3 is 24.8 Å². The van der Waals surface area contributed by atoms with Gasteiger partial charge in [-0.3, -0.25) is 24.8 Å². The first kappa shape index (κ1) is 37.4. The Bertz CT molecular complexity index is 1630. The van der Waals surface area contributed by atoms with E-state index in [1.54, 1.807) is 12.1 Å². The molecule has 3 aromatic carbocycles. The van der Waals surface area contributed by atoms with Gasteiger partial charge in [0.15, 0.2) is 0 Å². The number of carbonyl (C=O) groups excluding carboxylic acids is 2. The number of rotatable bonds is 18. The van der Waals surface area contributed by atoms with Crippen molar-refractivity contribution >= 4 is 17.6 Å². The summed E-state index contributed by atoms with van der Waals surface area (Å²) in [6, 6.07) is 24.8. The lowest BCUT2D eigenvalue weighted by atomic mass is 9.94. The van der Waals surface area contributed by atoms with Crippen LogP contribution in [0.5, 0.6) is 0 Å². The number of hydrogen-bond acceptors (Lipinski definition) is 9. The van der Waals surface area contributed by atoms with Crippen LogP contribution in [0.1, 0.15) is 67.9 Å². The van der Waals surface area contributed by atoms with Gasteiger partial charge in [0.25, 0.3) is 5.91 Å². The summed E-state index contributed by atoms with van der Waals surface area (Å²) >= 11 is 0. The summed E-state index contributed by atoms with van der Waals surface area (Å²) in [5, 5.41) is 41.3. The zero-order chi connectivity index (χ0) is 35.3. The van der Waals surface area contributed by atoms with E-state index in [0.717, 1.165) is 11.3 Å². The Labute approximate surface area is 285 Å². The Balaban J connectivity index is 1.60. The van der Waals surface area contributed by atoms with Crippen LogP contribution in [0.4, 0.5) is 10.1 Å². The molecule has 0 spiro atoms. The van der Waals surface area contributed by atoms with Gasteiger partial charge in [-0.1, -0.05) is 62.4 Å². The molecule has 12 heteroatoms. The van der Waals surface area contributed by atoms with Crippen LogP contribution < -0.4 is 5.32 Å². The summed E-state index contributed by atoms with van der Waals surface area (Å²) in [5.41, 5.74) is 4.70. The Morgan fingerprint density at radius 1 is 0.857 bits per heavy atom. The highest BCUT2D eigenvalue weighted by Gasteiger charge is 2.31. The fraction of sp³-hybridized carbons (Fsp3) is 0.351. The molecule has 2 unspecified atom stereocenters. The van der Waals surface area contributed by atoms with E-state index >= 15 is 0 Å². The number of para-hydroxylation sites is 1. The number of ether oxygens (including phenoxy) is 1. The number of aromatic nitrogens is 1. The predicted octanol–water partition coefficient (Wildman–Crippen LogP) is 6.56. The molecule has 1 aromatic heterocycles. The number of aliphatic hydroxyl groups excluding tert-OH is 2. The quantitative estimate of drug-likeness (QED) is 0.0447. The molecule has 2 atom stereocenters. The lowest BCUT2D eigenvalue weighted by molar-refractivity contribution is -0.492. The molecule has 1 heterocycles. The average Bonchev–Trinajstić information content (AvgIpc) is 3.42. The second-order valence-electron chi connectivity index (χ2n) is 12.0. The Morgan fingerprint density at radius 3 is 2.12 bits per heavy atom. The highest BCUT2D eigenvalue weighted by Crippen LogP contribution is 2.42. The van der Waals surface area contributed by atoms with E-state index in [1.165, 1.54) is 12.1 Å². The van der Waals surface area contributed by atoms with Crippen LogP contribution >= 0.6 is 0 Å². The van der Waals surface area contributed by atoms with E-state index < -0.39 is 24.0 Å². The molecule has 0 fully saturated rings. The van der Waals surface area contributed by atoms with Crippen molar-refractivity contribution < 1.29 is 44.2 Å². The lowest BCUT2D eigenvalue weighted by Crippen LogP contribution is -2.23. The number of amides is 1. The molecule has 0 saturated heterocycles. The minimum Gasteiger partial charge on any atom is -0.466 e. The maximum Gasteiger partial charge on any atom is 0.308 e. The second-order valence-corrected chi connectivity index (χ2v) is 12.0. The monoisotopic (exact) mass is 677 g/mol. The third kappa shape index (κ3) is 10.8. The van der Waals surface area contributed by atoms with Gasteiger partial charge in [-0.25, -0.2) is 4.39 Å². The van der Waals surface area contributed by atoms with Gasteiger partial charge >= 0.3 is 5.97 Å². The molecular weight excluding hydrogens is 633 g/mol. The standard InChI is InChI=1S/C37H44FN3O8/c1-25(2)35-34(37(45)39-29-13-7-4-8-14-29)33(26-11-5-3-6-12-26)36(27-15-17-28(38)18-16-27)40(35)20-19-30(42)23-31(43)24-32(44)48-21-9-10-22-49-41(46)47/h3-8,11-18,25,30-31,42-43,46-47H,9-10,19-24H2,1-2H3,(H,39,45). The lowest BCUT2D eigenvalue weighted by Gasteiger charge is -2.20. The fourth-order valence-electron chi connectivity index (χ4n) is 5.79. The van der Waals surface area contributed by atoms with Crippen LogP contribution in [-0.4, -0.2) is 67.9 Å². The van der Waals surface area contributed by atoms with Gasteiger partial charge in [-0.15, -0.1) is 0 Å². The zero-order valence-electron chi connectivity index (χ0n) is 27.7. The van der Waals surface area contributed by atoms with E-state index in [2.05, 4.69) is 10.2 Å². The molecule has 0 saturated carbocycles. The molecule has 49 heavy (non-hydrogen) atoms. The minimum atomic E-state index is -1.15. The first-order chi connectivity index (χ1) is 23.5. The zero-order valence-corrected chi connectivity index (χ0v) is 27.7. The number of esters is 1. The minimum absolute atomic E-state index is 0.0220. The Hall–Kier alpha value is -4.43. The number of anilines is 1. The van der Waals surface area contributed by atoms with Crippen LogP contribution in [0.3, 0.4) is 0 Å². The first-order valence-electron chi connectivity index (χ1n) is 16.3. The van der Waals surface area contributed by atoms with Crippen molar-refractivity contribution in [2.45, 2.75) is 70.6 Å². The van der Waals surface area contributed by atoms with Crippen molar-refractivity contribution in [1.29, 1.82) is 0 Å². The molecule has 1 amide bonds. The van der Waals surface area contributed by atoms with Gasteiger partial charge in [-0.2, -0.15) is 0 Å². The molecule has 4 aromatic rings. The highest BCUT2D eigenvalue weighted by atomic mass is 19.1. The third-order valence-electron chi connectivity index (χ3n) is 7.93. The van der Waals surface area contributed by atoms with Gasteiger partial charge in [0, 0.05) is 23.5 Å². The van der Waals surface area contributed by atoms with Crippen LogP contribution in [0.15, 0.2) is 84.9 Å². The topological polar surface area (TPSA) is 154 Å². The van der Waals surface area contributed by atoms with E-state index in [0.29, 0.717) is 40.9 Å². The average molecular weight is 678 g/mol. The molecule has 11 nitrogen and oxygen atoms in total. The number of unbranched alkanes of at least 4 members (excludes halogenated alkanes) is 1. The molecule has 5 N–H and O–H groups in total. The normalized spacial score (nSPS) is 12.7. The van der Waals surface area contributed by atoms with E-state index in [9.17, 15) is 24.2 Å². The van der Waals surface area contributed by atoms with Crippen molar-refractivity contribution in [3.63, 3.8) is 0 Å². The van der Waals surface area contributed by atoms with Gasteiger partial charge in [-0.05, 0) is 79.1 Å².